The summed E-state index contributed by atoms with van der Waals surface area (Å²) in [7, 11) is 4.02. The lowest BCUT2D eigenvalue weighted by Crippen LogP contribution is -2.46. The molecule has 1 fully saturated rings. The van der Waals surface area contributed by atoms with Gasteiger partial charge in [-0.05, 0) is 39.2 Å². The maximum absolute atomic E-state index is 5.59. The highest BCUT2D eigenvalue weighted by Crippen LogP contribution is 2.26. The van der Waals surface area contributed by atoms with E-state index in [1.807, 2.05) is 7.05 Å². The summed E-state index contributed by atoms with van der Waals surface area (Å²) in [5.74, 6) is 1.57. The lowest BCUT2D eigenvalue weighted by atomic mass is 10.1. The third-order valence-corrected chi connectivity index (χ3v) is 3.99. The first kappa shape index (κ1) is 21.9. The summed E-state index contributed by atoms with van der Waals surface area (Å²) in [6.45, 7) is 9.97. The molecule has 5 nitrogen and oxygen atoms in total. The van der Waals surface area contributed by atoms with Crippen LogP contribution in [0.2, 0.25) is 0 Å². The molecule has 0 bridgehead atoms. The Labute approximate surface area is 153 Å². The molecule has 6 heteroatoms. The Balaban J connectivity index is 0.00000441. The van der Waals surface area contributed by atoms with Gasteiger partial charge >= 0.3 is 0 Å². The molecule has 0 heterocycles. The van der Waals surface area contributed by atoms with Gasteiger partial charge in [-0.3, -0.25) is 9.89 Å². The average molecular weight is 426 g/mol. The Hall–Kier alpha value is -0.0800. The van der Waals surface area contributed by atoms with Crippen LogP contribution in [0.3, 0.4) is 0 Å². The van der Waals surface area contributed by atoms with Gasteiger partial charge in [-0.1, -0.05) is 13.8 Å². The van der Waals surface area contributed by atoms with Gasteiger partial charge in [0, 0.05) is 38.8 Å². The van der Waals surface area contributed by atoms with E-state index in [0.29, 0.717) is 12.0 Å². The predicted molar refractivity (Wildman–Crippen MR) is 105 cm³/mol. The van der Waals surface area contributed by atoms with E-state index >= 15 is 0 Å². The van der Waals surface area contributed by atoms with Crippen molar-refractivity contribution in [3.8, 4) is 0 Å². The van der Waals surface area contributed by atoms with Gasteiger partial charge in [0.05, 0.1) is 6.61 Å². The van der Waals surface area contributed by atoms with Crippen LogP contribution in [0.5, 0.6) is 0 Å². The highest BCUT2D eigenvalue weighted by Gasteiger charge is 2.28. The van der Waals surface area contributed by atoms with Crippen molar-refractivity contribution in [2.24, 2.45) is 10.9 Å². The summed E-state index contributed by atoms with van der Waals surface area (Å²) in [5, 5.41) is 6.68. The Morgan fingerprint density at radius 2 is 1.91 bits per heavy atom. The molecule has 0 aromatic rings. The monoisotopic (exact) mass is 426 g/mol. The second-order valence-corrected chi connectivity index (χ2v) is 6.42. The zero-order chi connectivity index (χ0) is 15.7. The fourth-order valence-corrected chi connectivity index (χ4v) is 2.11. The van der Waals surface area contributed by atoms with Crippen molar-refractivity contribution in [3.05, 3.63) is 0 Å². The Bertz CT molecular complexity index is 309. The molecular formula is C16H35IN4O. The molecule has 1 unspecified atom stereocenters. The summed E-state index contributed by atoms with van der Waals surface area (Å²) < 4.78 is 5.59. The zero-order valence-corrected chi connectivity index (χ0v) is 17.2. The molecule has 0 aromatic heterocycles. The van der Waals surface area contributed by atoms with Gasteiger partial charge in [-0.2, -0.15) is 0 Å². The quantitative estimate of drug-likeness (QED) is 0.244. The Kier molecular flexibility index (Phi) is 12.3. The highest BCUT2D eigenvalue weighted by atomic mass is 127. The smallest absolute Gasteiger partial charge is 0.191 e. The van der Waals surface area contributed by atoms with Crippen LogP contribution in [-0.2, 0) is 4.74 Å². The number of halogens is 1. The molecular weight excluding hydrogens is 391 g/mol. The minimum Gasteiger partial charge on any atom is -0.380 e. The van der Waals surface area contributed by atoms with E-state index in [1.165, 1.54) is 12.8 Å². The molecule has 22 heavy (non-hydrogen) atoms. The van der Waals surface area contributed by atoms with Crippen molar-refractivity contribution in [1.82, 2.24) is 15.5 Å². The minimum atomic E-state index is 0. The third-order valence-electron chi connectivity index (χ3n) is 3.99. The van der Waals surface area contributed by atoms with Crippen LogP contribution >= 0.6 is 24.0 Å². The van der Waals surface area contributed by atoms with Crippen molar-refractivity contribution in [1.29, 1.82) is 0 Å². The second kappa shape index (κ2) is 12.4. The van der Waals surface area contributed by atoms with E-state index in [1.54, 1.807) is 0 Å². The SMILES string of the molecule is CN=C(NCCOCCC(C)C)NCC(C)N(C)C1CC1.I. The normalized spacial score (nSPS) is 16.6. The van der Waals surface area contributed by atoms with E-state index in [2.05, 4.69) is 48.3 Å². The molecule has 132 valence electrons. The number of likely N-dealkylation sites (N-methyl/N-ethyl adjacent to an activating group) is 1. The first-order valence-electron chi connectivity index (χ1n) is 8.28. The molecule has 0 radical (unpaired) electrons. The molecule has 1 aliphatic carbocycles. The van der Waals surface area contributed by atoms with E-state index in [-0.39, 0.29) is 24.0 Å². The van der Waals surface area contributed by atoms with Gasteiger partial charge in [0.15, 0.2) is 5.96 Å². The molecule has 0 aromatic carbocycles. The van der Waals surface area contributed by atoms with E-state index in [4.69, 9.17) is 4.74 Å². The van der Waals surface area contributed by atoms with Crippen LogP contribution in [0, 0.1) is 5.92 Å². The van der Waals surface area contributed by atoms with Crippen molar-refractivity contribution < 1.29 is 4.74 Å². The van der Waals surface area contributed by atoms with Gasteiger partial charge < -0.3 is 15.4 Å². The maximum Gasteiger partial charge on any atom is 0.191 e. The first-order valence-corrected chi connectivity index (χ1v) is 8.28. The Morgan fingerprint density at radius 1 is 1.23 bits per heavy atom. The zero-order valence-electron chi connectivity index (χ0n) is 14.9. The van der Waals surface area contributed by atoms with Crippen LogP contribution in [0.25, 0.3) is 0 Å². The van der Waals surface area contributed by atoms with E-state index in [9.17, 15) is 0 Å². The number of hydrogen-bond donors (Lipinski definition) is 2. The number of aliphatic imine (C=N–C) groups is 1. The maximum atomic E-state index is 5.59. The first-order chi connectivity index (χ1) is 10.0. The van der Waals surface area contributed by atoms with Gasteiger partial charge in [0.25, 0.3) is 0 Å². The Morgan fingerprint density at radius 3 is 2.45 bits per heavy atom. The topological polar surface area (TPSA) is 48.9 Å². The fraction of sp³-hybridized carbons (Fsp3) is 0.938. The van der Waals surface area contributed by atoms with Gasteiger partial charge in [0.2, 0.25) is 0 Å². The molecule has 0 saturated heterocycles. The number of hydrogen-bond acceptors (Lipinski definition) is 3. The molecule has 1 rings (SSSR count). The standard InChI is InChI=1S/C16H34N4O.HI/c1-13(2)8-10-21-11-9-18-16(17-4)19-12-14(3)20(5)15-6-7-15;/h13-15H,6-12H2,1-5H3,(H2,17,18,19);1H. The molecule has 0 aliphatic heterocycles. The van der Waals surface area contributed by atoms with Crippen LogP contribution in [0.15, 0.2) is 4.99 Å². The molecule has 1 aliphatic rings. The minimum absolute atomic E-state index is 0. The molecule has 1 saturated carbocycles. The average Bonchev–Trinajstić information content (AvgIpc) is 3.28. The molecule has 0 amide bonds. The summed E-state index contributed by atoms with van der Waals surface area (Å²) in [5.41, 5.74) is 0. The van der Waals surface area contributed by atoms with Crippen LogP contribution in [-0.4, -0.2) is 63.3 Å². The summed E-state index contributed by atoms with van der Waals surface area (Å²) in [6, 6.07) is 1.32. The van der Waals surface area contributed by atoms with Gasteiger partial charge in [-0.25, -0.2) is 0 Å². The molecule has 2 N–H and O–H groups in total. The number of nitrogens with zero attached hydrogens (tertiary/aromatic N) is 2. The van der Waals surface area contributed by atoms with Crippen molar-refractivity contribution in [2.45, 2.75) is 52.1 Å². The lowest BCUT2D eigenvalue weighted by molar-refractivity contribution is 0.128. The third kappa shape index (κ3) is 9.84. The largest absolute Gasteiger partial charge is 0.380 e. The van der Waals surface area contributed by atoms with Crippen molar-refractivity contribution in [3.63, 3.8) is 0 Å². The van der Waals surface area contributed by atoms with Crippen LogP contribution < -0.4 is 10.6 Å². The number of ether oxygens (including phenoxy) is 1. The lowest BCUT2D eigenvalue weighted by Gasteiger charge is -2.25. The van der Waals surface area contributed by atoms with Crippen molar-refractivity contribution in [2.75, 3.05) is 40.4 Å². The molecule has 1 atom stereocenters. The number of nitrogens with one attached hydrogen (secondary N) is 2. The summed E-state index contributed by atoms with van der Waals surface area (Å²) in [6.07, 6.45) is 3.82. The van der Waals surface area contributed by atoms with E-state index in [0.717, 1.165) is 44.7 Å². The van der Waals surface area contributed by atoms with Gasteiger partial charge in [-0.15, -0.1) is 24.0 Å². The highest BCUT2D eigenvalue weighted by molar-refractivity contribution is 14.0. The second-order valence-electron chi connectivity index (χ2n) is 6.42. The predicted octanol–water partition coefficient (Wildman–Crippen LogP) is 2.31. The number of guanidine groups is 1. The number of rotatable bonds is 10. The van der Waals surface area contributed by atoms with Crippen LogP contribution in [0.1, 0.15) is 40.0 Å². The summed E-state index contributed by atoms with van der Waals surface area (Å²) in [4.78, 5) is 6.70. The summed E-state index contributed by atoms with van der Waals surface area (Å²) >= 11 is 0. The van der Waals surface area contributed by atoms with Gasteiger partial charge in [0.1, 0.15) is 0 Å². The van der Waals surface area contributed by atoms with Crippen molar-refractivity contribution >= 4 is 29.9 Å². The van der Waals surface area contributed by atoms with Crippen LogP contribution in [0.4, 0.5) is 0 Å². The molecule has 0 spiro atoms. The fourth-order valence-electron chi connectivity index (χ4n) is 2.11. The van der Waals surface area contributed by atoms with E-state index < -0.39 is 0 Å².